The van der Waals surface area contributed by atoms with Gasteiger partial charge in [-0.3, -0.25) is 9.48 Å². The molecule has 0 N–H and O–H groups in total. The maximum absolute atomic E-state index is 12.5. The molecule has 4 rings (SSSR count). The van der Waals surface area contributed by atoms with Gasteiger partial charge in [0.2, 0.25) is 5.91 Å². The molecule has 1 aliphatic carbocycles. The van der Waals surface area contributed by atoms with Gasteiger partial charge in [-0.2, -0.15) is 5.10 Å². The number of nitrogens with zero attached hydrogens (tertiary/aromatic N) is 3. The summed E-state index contributed by atoms with van der Waals surface area (Å²) in [5, 5.41) is 4.30. The summed E-state index contributed by atoms with van der Waals surface area (Å²) in [5.74, 6) is 0.856. The average molecular weight is 281 g/mol. The minimum atomic E-state index is 0.242. The molecule has 1 atom stereocenters. The van der Waals surface area contributed by atoms with E-state index in [0.717, 1.165) is 25.9 Å². The Hall–Kier alpha value is -2.10. The first-order valence-corrected chi connectivity index (χ1v) is 7.57. The lowest BCUT2D eigenvalue weighted by Gasteiger charge is -2.34. The second kappa shape index (κ2) is 4.72. The molecule has 0 saturated heterocycles. The Kier molecular flexibility index (Phi) is 2.84. The normalized spacial score (nSPS) is 21.2. The van der Waals surface area contributed by atoms with E-state index in [9.17, 15) is 4.79 Å². The summed E-state index contributed by atoms with van der Waals surface area (Å²) in [7, 11) is 1.94. The highest BCUT2D eigenvalue weighted by Crippen LogP contribution is 2.37. The van der Waals surface area contributed by atoms with Crippen molar-refractivity contribution in [2.24, 2.45) is 13.0 Å². The number of amides is 1. The van der Waals surface area contributed by atoms with E-state index in [0.29, 0.717) is 5.91 Å². The predicted octanol–water partition coefficient (Wildman–Crippen LogP) is 2.30. The molecule has 2 aliphatic rings. The molecule has 108 valence electrons. The lowest BCUT2D eigenvalue weighted by Crippen LogP contribution is -2.39. The number of rotatable bonds is 2. The van der Waals surface area contributed by atoms with Crippen LogP contribution < -0.4 is 0 Å². The van der Waals surface area contributed by atoms with E-state index in [1.165, 1.54) is 16.7 Å². The summed E-state index contributed by atoms with van der Waals surface area (Å²) in [6.07, 6.45) is 6.11. The third-order valence-electron chi connectivity index (χ3n) is 4.56. The number of benzene rings is 1. The zero-order valence-corrected chi connectivity index (χ0v) is 12.2. The summed E-state index contributed by atoms with van der Waals surface area (Å²) >= 11 is 0. The van der Waals surface area contributed by atoms with Gasteiger partial charge in [-0.05, 0) is 29.5 Å². The Labute approximate surface area is 124 Å². The van der Waals surface area contributed by atoms with Gasteiger partial charge in [-0.15, -0.1) is 0 Å². The number of aromatic nitrogens is 2. The molecule has 1 aromatic heterocycles. The molecule has 0 spiro atoms. The van der Waals surface area contributed by atoms with Crippen LogP contribution >= 0.6 is 0 Å². The second-order valence-electron chi connectivity index (χ2n) is 6.19. The van der Waals surface area contributed by atoms with Crippen LogP contribution in [0.15, 0.2) is 36.7 Å². The van der Waals surface area contributed by atoms with Crippen LogP contribution in [-0.4, -0.2) is 27.1 Å². The number of hydrogen-bond donors (Lipinski definition) is 0. The second-order valence-corrected chi connectivity index (χ2v) is 6.19. The van der Waals surface area contributed by atoms with Crippen molar-refractivity contribution in [3.63, 3.8) is 0 Å². The molecule has 4 heteroatoms. The maximum Gasteiger partial charge on any atom is 0.226 e. The largest absolute Gasteiger partial charge is 0.337 e. The molecule has 2 heterocycles. The molecule has 0 radical (unpaired) electrons. The first-order chi connectivity index (χ1) is 10.2. The fraction of sp³-hybridized carbons (Fsp3) is 0.412. The van der Waals surface area contributed by atoms with Gasteiger partial charge < -0.3 is 4.90 Å². The molecule has 1 aliphatic heterocycles. The molecule has 1 amide bonds. The molecule has 2 aromatic rings. The molecule has 1 saturated carbocycles. The van der Waals surface area contributed by atoms with Crippen molar-refractivity contribution in [2.75, 3.05) is 6.54 Å². The average Bonchev–Trinajstić information content (AvgIpc) is 3.27. The fourth-order valence-electron chi connectivity index (χ4n) is 3.27. The number of carbonyl (C=O) groups is 1. The monoisotopic (exact) mass is 281 g/mol. The molecular formula is C17H19N3O. The third-order valence-corrected chi connectivity index (χ3v) is 4.56. The van der Waals surface area contributed by atoms with Gasteiger partial charge in [0.1, 0.15) is 0 Å². The summed E-state index contributed by atoms with van der Waals surface area (Å²) in [6.45, 7) is 1.53. The fourth-order valence-corrected chi connectivity index (χ4v) is 3.27. The van der Waals surface area contributed by atoms with Crippen LogP contribution in [0.5, 0.6) is 0 Å². The lowest BCUT2D eigenvalue weighted by atomic mass is 9.86. The van der Waals surface area contributed by atoms with E-state index in [-0.39, 0.29) is 11.8 Å². The van der Waals surface area contributed by atoms with Crippen molar-refractivity contribution in [1.29, 1.82) is 0 Å². The van der Waals surface area contributed by atoms with Gasteiger partial charge in [0, 0.05) is 38.2 Å². The van der Waals surface area contributed by atoms with Gasteiger partial charge in [0.05, 0.1) is 6.20 Å². The molecule has 1 fully saturated rings. The third kappa shape index (κ3) is 2.24. The van der Waals surface area contributed by atoms with Gasteiger partial charge in [0.15, 0.2) is 0 Å². The standard InChI is InChI=1S/C17H19N3O/c1-19-9-14(8-18-19)16-11-20(17(21)12-6-7-12)10-13-4-2-3-5-15(13)16/h2-5,8-9,12,16H,6-7,10-11H2,1H3. The van der Waals surface area contributed by atoms with Crippen molar-refractivity contribution < 1.29 is 4.79 Å². The zero-order valence-electron chi connectivity index (χ0n) is 12.2. The van der Waals surface area contributed by atoms with Crippen molar-refractivity contribution in [3.05, 3.63) is 53.3 Å². The Morgan fingerprint density at radius 2 is 2.10 bits per heavy atom. The van der Waals surface area contributed by atoms with Crippen LogP contribution in [0.3, 0.4) is 0 Å². The molecule has 1 aromatic carbocycles. The zero-order chi connectivity index (χ0) is 14.4. The minimum Gasteiger partial charge on any atom is -0.337 e. The van der Waals surface area contributed by atoms with E-state index in [1.54, 1.807) is 0 Å². The van der Waals surface area contributed by atoms with Crippen LogP contribution in [-0.2, 0) is 18.4 Å². The van der Waals surface area contributed by atoms with Crippen molar-refractivity contribution in [1.82, 2.24) is 14.7 Å². The lowest BCUT2D eigenvalue weighted by molar-refractivity contribution is -0.133. The van der Waals surface area contributed by atoms with E-state index >= 15 is 0 Å². The van der Waals surface area contributed by atoms with Crippen LogP contribution in [0.1, 0.15) is 35.4 Å². The predicted molar refractivity (Wildman–Crippen MR) is 79.6 cm³/mol. The molecule has 0 bridgehead atoms. The summed E-state index contributed by atoms with van der Waals surface area (Å²) in [5.41, 5.74) is 3.80. The van der Waals surface area contributed by atoms with Crippen molar-refractivity contribution in [3.8, 4) is 0 Å². The van der Waals surface area contributed by atoms with Gasteiger partial charge in [-0.1, -0.05) is 24.3 Å². The first-order valence-electron chi connectivity index (χ1n) is 7.57. The van der Waals surface area contributed by atoms with Gasteiger partial charge in [-0.25, -0.2) is 0 Å². The summed E-state index contributed by atoms with van der Waals surface area (Å²) < 4.78 is 1.83. The Morgan fingerprint density at radius 1 is 1.29 bits per heavy atom. The maximum atomic E-state index is 12.5. The number of hydrogen-bond acceptors (Lipinski definition) is 2. The topological polar surface area (TPSA) is 38.1 Å². The molecular weight excluding hydrogens is 262 g/mol. The van der Waals surface area contributed by atoms with E-state index in [1.807, 2.05) is 22.8 Å². The minimum absolute atomic E-state index is 0.242. The van der Waals surface area contributed by atoms with Crippen LogP contribution in [0.4, 0.5) is 0 Å². The molecule has 21 heavy (non-hydrogen) atoms. The van der Waals surface area contributed by atoms with Gasteiger partial charge in [0.25, 0.3) is 0 Å². The van der Waals surface area contributed by atoms with Crippen molar-refractivity contribution >= 4 is 5.91 Å². The highest BCUT2D eigenvalue weighted by Gasteiger charge is 2.37. The van der Waals surface area contributed by atoms with Crippen molar-refractivity contribution in [2.45, 2.75) is 25.3 Å². The highest BCUT2D eigenvalue weighted by atomic mass is 16.2. The molecule has 4 nitrogen and oxygen atoms in total. The van der Waals surface area contributed by atoms with E-state index < -0.39 is 0 Å². The smallest absolute Gasteiger partial charge is 0.226 e. The first kappa shape index (κ1) is 12.6. The summed E-state index contributed by atoms with van der Waals surface area (Å²) in [4.78, 5) is 14.5. The van der Waals surface area contributed by atoms with Crippen LogP contribution in [0.2, 0.25) is 0 Å². The van der Waals surface area contributed by atoms with Gasteiger partial charge >= 0.3 is 0 Å². The quantitative estimate of drug-likeness (QED) is 0.847. The SMILES string of the molecule is Cn1cc(C2CN(C(=O)C3CC3)Cc3ccccc32)cn1. The Bertz CT molecular complexity index is 687. The van der Waals surface area contributed by atoms with E-state index in [4.69, 9.17) is 0 Å². The molecule has 1 unspecified atom stereocenters. The number of fused-ring (bicyclic) bond motifs is 1. The number of carbonyl (C=O) groups excluding carboxylic acids is 1. The van der Waals surface area contributed by atoms with E-state index in [2.05, 4.69) is 35.6 Å². The Morgan fingerprint density at radius 3 is 2.81 bits per heavy atom. The van der Waals surface area contributed by atoms with Crippen LogP contribution in [0.25, 0.3) is 0 Å². The van der Waals surface area contributed by atoms with Crippen LogP contribution in [0, 0.1) is 5.92 Å². The Balaban J connectivity index is 1.72. The summed E-state index contributed by atoms with van der Waals surface area (Å²) in [6, 6.07) is 8.47. The number of aryl methyl sites for hydroxylation is 1. The highest BCUT2D eigenvalue weighted by molar-refractivity contribution is 5.81.